The van der Waals surface area contributed by atoms with Crippen LogP contribution in [-0.2, 0) is 16.0 Å². The van der Waals surface area contributed by atoms with Gasteiger partial charge in [-0.25, -0.2) is 4.79 Å². The van der Waals surface area contributed by atoms with E-state index in [1.807, 2.05) is 32.0 Å². The van der Waals surface area contributed by atoms with Gasteiger partial charge in [0.15, 0.2) is 5.76 Å². The fraction of sp³-hybridized carbons (Fsp3) is 0.458. The molecule has 0 unspecified atom stereocenters. The lowest BCUT2D eigenvalue weighted by atomic mass is 10.0. The molecular formula is C24H31N3O3Si. The molecule has 0 atom stereocenters. The van der Waals surface area contributed by atoms with Crippen LogP contribution in [0.15, 0.2) is 30.3 Å². The Hall–Kier alpha value is -2.85. The number of carbonyl (C=O) groups excluding carboxylic acids is 1. The standard InChI is InChI=1S/C24H31N3O3Si/c1-6-27-22(15-17(2)26-27)23(30-24(28)29-19-9-7-8-10-19)21(16-25)18-11-13-20(14-12-18)31(3,4)5/h11-15,19H,6-10H2,1-5H3/b23-21-. The average molecular weight is 438 g/mol. The van der Waals surface area contributed by atoms with Crippen molar-refractivity contribution in [3.05, 3.63) is 47.3 Å². The first-order chi connectivity index (χ1) is 14.7. The minimum Gasteiger partial charge on any atom is -0.431 e. The first kappa shape index (κ1) is 22.8. The SMILES string of the molecule is CCn1nc(C)cc1/C(OC(=O)OC1CCCC1)=C(\C#N)c1ccc([Si](C)(C)C)cc1. The van der Waals surface area contributed by atoms with Gasteiger partial charge in [0.25, 0.3) is 0 Å². The maximum absolute atomic E-state index is 12.6. The lowest BCUT2D eigenvalue weighted by molar-refractivity contribution is 0.0539. The molecular weight excluding hydrogens is 406 g/mol. The quantitative estimate of drug-likeness (QED) is 0.267. The Morgan fingerprint density at radius 1 is 1.23 bits per heavy atom. The minimum absolute atomic E-state index is 0.117. The molecule has 1 saturated carbocycles. The van der Waals surface area contributed by atoms with Gasteiger partial charge in [-0.15, -0.1) is 0 Å². The van der Waals surface area contributed by atoms with Crippen LogP contribution in [0.3, 0.4) is 0 Å². The van der Waals surface area contributed by atoms with E-state index in [4.69, 9.17) is 9.47 Å². The van der Waals surface area contributed by atoms with Crippen LogP contribution in [0.2, 0.25) is 19.6 Å². The van der Waals surface area contributed by atoms with E-state index >= 15 is 0 Å². The molecule has 1 aliphatic carbocycles. The summed E-state index contributed by atoms with van der Waals surface area (Å²) in [5, 5.41) is 15.8. The van der Waals surface area contributed by atoms with Gasteiger partial charge in [0.1, 0.15) is 23.4 Å². The van der Waals surface area contributed by atoms with Crippen molar-refractivity contribution in [3.63, 3.8) is 0 Å². The molecule has 1 aliphatic rings. The normalized spacial score (nSPS) is 15.4. The van der Waals surface area contributed by atoms with Crippen molar-refractivity contribution >= 4 is 30.7 Å². The summed E-state index contributed by atoms with van der Waals surface area (Å²) >= 11 is 0. The molecule has 0 bridgehead atoms. The smallest absolute Gasteiger partial charge is 0.431 e. The van der Waals surface area contributed by atoms with Crippen LogP contribution < -0.4 is 5.19 Å². The number of nitriles is 1. The number of rotatable bonds is 6. The van der Waals surface area contributed by atoms with Crippen LogP contribution in [0.25, 0.3) is 11.3 Å². The molecule has 1 aromatic heterocycles. The highest BCUT2D eigenvalue weighted by molar-refractivity contribution is 6.88. The monoisotopic (exact) mass is 437 g/mol. The summed E-state index contributed by atoms with van der Waals surface area (Å²) in [6.07, 6.45) is 2.92. The molecule has 0 radical (unpaired) electrons. The molecule has 0 amide bonds. The number of carbonyl (C=O) groups is 1. The van der Waals surface area contributed by atoms with Crippen molar-refractivity contribution in [2.24, 2.45) is 0 Å². The number of nitrogens with zero attached hydrogens (tertiary/aromatic N) is 3. The maximum atomic E-state index is 12.6. The number of allylic oxidation sites excluding steroid dienone is 1. The van der Waals surface area contributed by atoms with E-state index in [0.29, 0.717) is 23.4 Å². The molecule has 7 heteroatoms. The van der Waals surface area contributed by atoms with E-state index in [1.165, 1.54) is 5.19 Å². The van der Waals surface area contributed by atoms with Crippen LogP contribution in [0.5, 0.6) is 0 Å². The second-order valence-corrected chi connectivity index (χ2v) is 14.1. The topological polar surface area (TPSA) is 77.1 Å². The third kappa shape index (κ3) is 5.45. The molecule has 0 N–H and O–H groups in total. The Morgan fingerprint density at radius 2 is 1.87 bits per heavy atom. The van der Waals surface area contributed by atoms with Crippen LogP contribution in [-0.4, -0.2) is 30.1 Å². The van der Waals surface area contributed by atoms with Gasteiger partial charge in [-0.3, -0.25) is 4.68 Å². The van der Waals surface area contributed by atoms with Crippen molar-refractivity contribution in [1.82, 2.24) is 9.78 Å². The van der Waals surface area contributed by atoms with Crippen LogP contribution in [0.1, 0.15) is 49.6 Å². The molecule has 31 heavy (non-hydrogen) atoms. The summed E-state index contributed by atoms with van der Waals surface area (Å²) in [6.45, 7) is 11.2. The van der Waals surface area contributed by atoms with Crippen molar-refractivity contribution in [2.45, 2.75) is 71.8 Å². The Balaban J connectivity index is 2.04. The average Bonchev–Trinajstić information content (AvgIpc) is 3.36. The van der Waals surface area contributed by atoms with Gasteiger partial charge in [-0.1, -0.05) is 49.1 Å². The molecule has 1 heterocycles. The predicted molar refractivity (Wildman–Crippen MR) is 124 cm³/mol. The zero-order valence-corrected chi connectivity index (χ0v) is 20.1. The number of benzene rings is 1. The lowest BCUT2D eigenvalue weighted by Crippen LogP contribution is -2.37. The Labute approximate surface area is 185 Å². The summed E-state index contributed by atoms with van der Waals surface area (Å²) in [7, 11) is -1.47. The highest BCUT2D eigenvalue weighted by atomic mass is 28.3. The summed E-state index contributed by atoms with van der Waals surface area (Å²) in [6, 6.07) is 12.1. The number of ether oxygens (including phenoxy) is 2. The van der Waals surface area contributed by atoms with Crippen LogP contribution >= 0.6 is 0 Å². The van der Waals surface area contributed by atoms with E-state index in [0.717, 1.165) is 31.4 Å². The summed E-state index contributed by atoms with van der Waals surface area (Å²) in [5.41, 5.74) is 2.37. The second kappa shape index (κ2) is 9.52. The number of hydrogen-bond acceptors (Lipinski definition) is 5. The molecule has 164 valence electrons. The summed E-state index contributed by atoms with van der Waals surface area (Å²) in [5.74, 6) is 0.189. The van der Waals surface area contributed by atoms with Crippen molar-refractivity contribution in [1.29, 1.82) is 5.26 Å². The van der Waals surface area contributed by atoms with Gasteiger partial charge in [-0.05, 0) is 51.2 Å². The van der Waals surface area contributed by atoms with Crippen molar-refractivity contribution in [3.8, 4) is 6.07 Å². The largest absolute Gasteiger partial charge is 0.514 e. The molecule has 1 fully saturated rings. The van der Waals surface area contributed by atoms with Gasteiger partial charge < -0.3 is 9.47 Å². The minimum atomic E-state index is -1.47. The van der Waals surface area contributed by atoms with Gasteiger partial charge >= 0.3 is 6.16 Å². The summed E-state index contributed by atoms with van der Waals surface area (Å²) in [4.78, 5) is 12.6. The van der Waals surface area contributed by atoms with E-state index in [1.54, 1.807) is 4.68 Å². The van der Waals surface area contributed by atoms with Crippen LogP contribution in [0.4, 0.5) is 4.79 Å². The van der Waals surface area contributed by atoms with Gasteiger partial charge in [0, 0.05) is 6.54 Å². The van der Waals surface area contributed by atoms with Gasteiger partial charge in [0.05, 0.1) is 13.8 Å². The molecule has 2 aromatic rings. The Kier molecular flexibility index (Phi) is 7.01. The highest BCUT2D eigenvalue weighted by Gasteiger charge is 2.26. The van der Waals surface area contributed by atoms with Gasteiger partial charge in [0.2, 0.25) is 0 Å². The number of hydrogen-bond donors (Lipinski definition) is 0. The maximum Gasteiger partial charge on any atom is 0.514 e. The third-order valence-electron chi connectivity index (χ3n) is 5.56. The molecule has 1 aromatic carbocycles. The fourth-order valence-electron chi connectivity index (χ4n) is 3.83. The fourth-order valence-corrected chi connectivity index (χ4v) is 5.00. The molecule has 3 rings (SSSR count). The van der Waals surface area contributed by atoms with E-state index in [2.05, 4.69) is 42.9 Å². The van der Waals surface area contributed by atoms with Crippen LogP contribution in [0, 0.1) is 18.3 Å². The van der Waals surface area contributed by atoms with Gasteiger partial charge in [-0.2, -0.15) is 10.4 Å². The Morgan fingerprint density at radius 3 is 2.42 bits per heavy atom. The number of aryl methyl sites for hydroxylation is 2. The first-order valence-electron chi connectivity index (χ1n) is 10.9. The second-order valence-electron chi connectivity index (χ2n) is 9.01. The lowest BCUT2D eigenvalue weighted by Gasteiger charge is -2.18. The third-order valence-corrected chi connectivity index (χ3v) is 7.63. The number of aromatic nitrogens is 2. The summed E-state index contributed by atoms with van der Waals surface area (Å²) < 4.78 is 12.9. The van der Waals surface area contributed by atoms with E-state index < -0.39 is 14.2 Å². The zero-order valence-electron chi connectivity index (χ0n) is 19.1. The molecule has 0 spiro atoms. The van der Waals surface area contributed by atoms with Crippen molar-refractivity contribution in [2.75, 3.05) is 0 Å². The van der Waals surface area contributed by atoms with Crippen molar-refractivity contribution < 1.29 is 14.3 Å². The van der Waals surface area contributed by atoms with E-state index in [-0.39, 0.29) is 11.9 Å². The first-order valence-corrected chi connectivity index (χ1v) is 14.4. The predicted octanol–water partition coefficient (Wildman–Crippen LogP) is 5.24. The molecule has 6 nitrogen and oxygen atoms in total. The van der Waals surface area contributed by atoms with E-state index in [9.17, 15) is 10.1 Å². The molecule has 0 saturated heterocycles. The molecule has 0 aliphatic heterocycles. The zero-order chi connectivity index (χ0) is 22.6. The highest BCUT2D eigenvalue weighted by Crippen LogP contribution is 2.29. The Bertz CT molecular complexity index is 1000.